The maximum atomic E-state index is 12.1. The molecule has 0 fully saturated rings. The zero-order chi connectivity index (χ0) is 32.0. The molecule has 4 heterocycles. The summed E-state index contributed by atoms with van der Waals surface area (Å²) in [6, 6.07) is 20.1. The van der Waals surface area contributed by atoms with Crippen LogP contribution in [0.3, 0.4) is 0 Å². The quantitative estimate of drug-likeness (QED) is 0.378. The SMILES string of the molecule is CO.Cn1c2c(c(=O)n(C)c1=O)CC(/C=C/c1ccccc1)=N2.Cn1c2c(c(=O)n(C)c1=O)CC(CCc1ccccc1)=N2. The second kappa shape index (κ2) is 13.9. The molecular weight excluding hydrogens is 560 g/mol. The van der Waals surface area contributed by atoms with Gasteiger partial charge in [0, 0.05) is 59.6 Å². The molecule has 0 amide bonds. The molecule has 44 heavy (non-hydrogen) atoms. The summed E-state index contributed by atoms with van der Waals surface area (Å²) in [5.41, 5.74) is 4.10. The fourth-order valence-electron chi connectivity index (χ4n) is 5.08. The summed E-state index contributed by atoms with van der Waals surface area (Å²) >= 11 is 0. The predicted octanol–water partition coefficient (Wildman–Crippen LogP) is 2.38. The van der Waals surface area contributed by atoms with Gasteiger partial charge in [-0.2, -0.15) is 0 Å². The minimum absolute atomic E-state index is 0.230. The van der Waals surface area contributed by atoms with Gasteiger partial charge in [-0.15, -0.1) is 0 Å². The largest absolute Gasteiger partial charge is 0.400 e. The third-order valence-corrected chi connectivity index (χ3v) is 7.51. The van der Waals surface area contributed by atoms with E-state index in [0.29, 0.717) is 35.6 Å². The van der Waals surface area contributed by atoms with Crippen LogP contribution in [0, 0.1) is 0 Å². The van der Waals surface area contributed by atoms with Gasteiger partial charge in [-0.1, -0.05) is 66.7 Å². The summed E-state index contributed by atoms with van der Waals surface area (Å²) in [5.74, 6) is 0.988. The van der Waals surface area contributed by atoms with Gasteiger partial charge in [0.15, 0.2) is 0 Å². The highest BCUT2D eigenvalue weighted by Crippen LogP contribution is 2.24. The number of aliphatic hydroxyl groups excluding tert-OH is 1. The summed E-state index contributed by atoms with van der Waals surface area (Å²) in [6.07, 6.45) is 6.53. The molecule has 2 aromatic heterocycles. The van der Waals surface area contributed by atoms with Crippen molar-refractivity contribution in [2.45, 2.75) is 25.7 Å². The first-order valence-electron chi connectivity index (χ1n) is 14.1. The van der Waals surface area contributed by atoms with Crippen LogP contribution in [0.1, 0.15) is 28.7 Å². The summed E-state index contributed by atoms with van der Waals surface area (Å²) in [5, 5.41) is 7.00. The van der Waals surface area contributed by atoms with Crippen LogP contribution in [-0.2, 0) is 47.5 Å². The molecule has 0 saturated heterocycles. The molecule has 0 aliphatic carbocycles. The van der Waals surface area contributed by atoms with E-state index in [1.54, 1.807) is 14.1 Å². The first kappa shape index (κ1) is 31.8. The van der Waals surface area contributed by atoms with Crippen LogP contribution >= 0.6 is 0 Å². The van der Waals surface area contributed by atoms with E-state index >= 15 is 0 Å². The molecule has 0 spiro atoms. The summed E-state index contributed by atoms with van der Waals surface area (Å²) in [6.45, 7) is 0. The normalized spacial score (nSPS) is 12.9. The predicted molar refractivity (Wildman–Crippen MR) is 174 cm³/mol. The summed E-state index contributed by atoms with van der Waals surface area (Å²) < 4.78 is 5.14. The van der Waals surface area contributed by atoms with Crippen LogP contribution in [0.4, 0.5) is 11.6 Å². The number of rotatable bonds is 5. The van der Waals surface area contributed by atoms with Gasteiger partial charge in [-0.25, -0.2) is 19.6 Å². The number of aliphatic hydroxyl groups is 1. The van der Waals surface area contributed by atoms with Crippen molar-refractivity contribution < 1.29 is 5.11 Å². The first-order valence-corrected chi connectivity index (χ1v) is 14.1. The fraction of sp³-hybridized carbons (Fsp3) is 0.273. The van der Waals surface area contributed by atoms with Crippen molar-refractivity contribution in [3.8, 4) is 0 Å². The van der Waals surface area contributed by atoms with E-state index in [1.807, 2.05) is 60.7 Å². The van der Waals surface area contributed by atoms with Crippen LogP contribution in [0.2, 0.25) is 0 Å². The minimum atomic E-state index is -0.351. The molecule has 11 heteroatoms. The Morgan fingerprint density at radius 3 is 1.70 bits per heavy atom. The Kier molecular flexibility index (Phi) is 10.0. The Morgan fingerprint density at radius 1 is 0.636 bits per heavy atom. The van der Waals surface area contributed by atoms with Gasteiger partial charge in [-0.3, -0.25) is 27.9 Å². The topological polar surface area (TPSA) is 133 Å². The smallest absolute Gasteiger partial charge is 0.332 e. The highest BCUT2D eigenvalue weighted by molar-refractivity contribution is 6.03. The average molecular weight is 597 g/mol. The Morgan fingerprint density at radius 2 is 1.14 bits per heavy atom. The molecule has 2 aromatic carbocycles. The van der Waals surface area contributed by atoms with Crippen molar-refractivity contribution >= 4 is 29.1 Å². The maximum Gasteiger partial charge on any atom is 0.332 e. The summed E-state index contributed by atoms with van der Waals surface area (Å²) in [4.78, 5) is 56.9. The van der Waals surface area contributed by atoms with E-state index in [1.165, 1.54) is 28.8 Å². The van der Waals surface area contributed by atoms with Gasteiger partial charge in [-0.05, 0) is 30.0 Å². The Balaban J connectivity index is 0.000000190. The van der Waals surface area contributed by atoms with Crippen molar-refractivity contribution in [3.05, 3.63) is 131 Å². The van der Waals surface area contributed by atoms with E-state index in [4.69, 9.17) is 5.11 Å². The van der Waals surface area contributed by atoms with Gasteiger partial charge in [0.2, 0.25) is 0 Å². The number of aryl methyl sites for hydroxylation is 1. The van der Waals surface area contributed by atoms with E-state index in [9.17, 15) is 19.2 Å². The molecule has 4 aromatic rings. The van der Waals surface area contributed by atoms with E-state index in [2.05, 4.69) is 22.1 Å². The molecule has 0 unspecified atom stereocenters. The lowest BCUT2D eigenvalue weighted by Crippen LogP contribution is -2.38. The fourth-order valence-corrected chi connectivity index (χ4v) is 5.08. The molecule has 2 aliphatic rings. The molecule has 2 aliphatic heterocycles. The number of hydrogen-bond acceptors (Lipinski definition) is 7. The molecule has 1 N–H and O–H groups in total. The molecule has 0 saturated carbocycles. The van der Waals surface area contributed by atoms with E-state index < -0.39 is 0 Å². The molecule has 0 radical (unpaired) electrons. The molecule has 11 nitrogen and oxygen atoms in total. The molecular formula is C33H36N6O5. The van der Waals surface area contributed by atoms with Crippen molar-refractivity contribution in [2.75, 3.05) is 7.11 Å². The lowest BCUT2D eigenvalue weighted by molar-refractivity contribution is 0.399. The van der Waals surface area contributed by atoms with Gasteiger partial charge in [0.1, 0.15) is 11.6 Å². The van der Waals surface area contributed by atoms with Crippen molar-refractivity contribution in [2.24, 2.45) is 38.2 Å². The average Bonchev–Trinajstić information content (AvgIpc) is 3.70. The third-order valence-electron chi connectivity index (χ3n) is 7.51. The number of aliphatic imine (C=N–C) groups is 2. The van der Waals surface area contributed by atoms with Crippen LogP contribution < -0.4 is 22.5 Å². The van der Waals surface area contributed by atoms with Crippen LogP contribution in [0.5, 0.6) is 0 Å². The maximum absolute atomic E-state index is 12.1. The van der Waals surface area contributed by atoms with Gasteiger partial charge in [0.05, 0.1) is 11.1 Å². The number of nitrogens with zero attached hydrogens (tertiary/aromatic N) is 6. The number of allylic oxidation sites excluding steroid dienone is 1. The Bertz CT molecular complexity index is 2000. The van der Waals surface area contributed by atoms with Gasteiger partial charge >= 0.3 is 11.4 Å². The third kappa shape index (κ3) is 6.57. The van der Waals surface area contributed by atoms with Crippen molar-refractivity contribution in [1.29, 1.82) is 0 Å². The van der Waals surface area contributed by atoms with Gasteiger partial charge in [0.25, 0.3) is 11.1 Å². The standard InChI is InChI=1S/C16H17N3O2.C16H15N3O2.CH4O/c2*1-18-14-13(15(20)19(2)16(18)21)10-12(17-14)9-8-11-6-4-3-5-7-11;1-2/h3-7H,8-10H2,1-2H3;3-9H,10H2,1-2H3;2H,1H3/b;9-8+;. The highest BCUT2D eigenvalue weighted by atomic mass is 16.2. The molecule has 6 rings (SSSR count). The lowest BCUT2D eigenvalue weighted by Gasteiger charge is -2.05. The first-order chi connectivity index (χ1) is 21.2. The van der Waals surface area contributed by atoms with Crippen LogP contribution in [-0.4, -0.2) is 41.9 Å². The Labute approximate surface area is 254 Å². The van der Waals surface area contributed by atoms with E-state index in [-0.39, 0.29) is 22.5 Å². The molecule has 0 bridgehead atoms. The zero-order valence-corrected chi connectivity index (χ0v) is 25.5. The molecule has 0 atom stereocenters. The highest BCUT2D eigenvalue weighted by Gasteiger charge is 2.23. The second-order valence-electron chi connectivity index (χ2n) is 10.4. The van der Waals surface area contributed by atoms with Crippen LogP contribution in [0.25, 0.3) is 6.08 Å². The van der Waals surface area contributed by atoms with Gasteiger partial charge < -0.3 is 5.11 Å². The summed E-state index contributed by atoms with van der Waals surface area (Å²) in [7, 11) is 7.29. The molecule has 228 valence electrons. The van der Waals surface area contributed by atoms with Crippen LogP contribution in [0.15, 0.2) is 95.9 Å². The number of fused-ring (bicyclic) bond motifs is 2. The monoisotopic (exact) mass is 596 g/mol. The number of benzene rings is 2. The van der Waals surface area contributed by atoms with Crippen molar-refractivity contribution in [1.82, 2.24) is 18.3 Å². The van der Waals surface area contributed by atoms with Crippen molar-refractivity contribution in [3.63, 3.8) is 0 Å². The zero-order valence-electron chi connectivity index (χ0n) is 25.5. The number of aromatic nitrogens is 4. The second-order valence-corrected chi connectivity index (χ2v) is 10.4. The van der Waals surface area contributed by atoms with E-state index in [0.717, 1.165) is 46.1 Å². The Hall–Kier alpha value is -5.16. The lowest BCUT2D eigenvalue weighted by atomic mass is 10.0. The minimum Gasteiger partial charge on any atom is -0.400 e. The number of hydrogen-bond donors (Lipinski definition) is 1.